The lowest BCUT2D eigenvalue weighted by atomic mass is 10.1. The molecule has 168 valence electrons. The quantitative estimate of drug-likeness (QED) is 0.315. The molecule has 33 heavy (non-hydrogen) atoms. The Morgan fingerprint density at radius 2 is 1.79 bits per heavy atom. The molecule has 1 aliphatic heterocycles. The number of hydrogen-bond acceptors (Lipinski definition) is 6. The molecule has 1 saturated heterocycles. The van der Waals surface area contributed by atoms with E-state index in [4.69, 9.17) is 4.74 Å². The van der Waals surface area contributed by atoms with E-state index in [2.05, 4.69) is 0 Å². The fourth-order valence-corrected chi connectivity index (χ4v) is 4.12. The summed E-state index contributed by atoms with van der Waals surface area (Å²) in [6.07, 6.45) is 3.74. The van der Waals surface area contributed by atoms with E-state index in [1.165, 1.54) is 4.40 Å². The van der Waals surface area contributed by atoms with Crippen molar-refractivity contribution in [3.8, 4) is 6.07 Å². The number of carbonyl (C=O) groups excluding carboxylic acids is 2. The van der Waals surface area contributed by atoms with Gasteiger partial charge in [0.05, 0.1) is 17.8 Å². The highest BCUT2D eigenvalue weighted by atomic mass is 16.5. The fraction of sp³-hybridized carbons (Fsp3) is 0.280. The minimum absolute atomic E-state index is 0.102. The van der Waals surface area contributed by atoms with E-state index in [0.29, 0.717) is 38.1 Å². The van der Waals surface area contributed by atoms with Crippen LogP contribution in [-0.4, -0.2) is 54.5 Å². The first-order valence-corrected chi connectivity index (χ1v) is 10.9. The van der Waals surface area contributed by atoms with Crippen molar-refractivity contribution >= 4 is 23.6 Å². The minimum Gasteiger partial charge on any atom is -0.462 e. The maximum absolute atomic E-state index is 13.3. The zero-order valence-electron chi connectivity index (χ0n) is 18.1. The van der Waals surface area contributed by atoms with Crippen molar-refractivity contribution in [2.45, 2.75) is 12.8 Å². The lowest BCUT2D eigenvalue weighted by Gasteiger charge is -2.35. The summed E-state index contributed by atoms with van der Waals surface area (Å²) in [5.74, 6) is -0.573. The van der Waals surface area contributed by atoms with Crippen molar-refractivity contribution in [2.75, 3.05) is 37.7 Å². The second-order valence-electron chi connectivity index (χ2n) is 7.82. The lowest BCUT2D eigenvalue weighted by Crippen LogP contribution is -2.47. The molecule has 1 amide bonds. The molecule has 0 N–H and O–H groups in total. The maximum atomic E-state index is 13.3. The molecule has 0 bridgehead atoms. The van der Waals surface area contributed by atoms with Gasteiger partial charge in [0.1, 0.15) is 17.2 Å². The average molecular weight is 444 g/mol. The van der Waals surface area contributed by atoms with Gasteiger partial charge in [-0.05, 0) is 30.5 Å². The van der Waals surface area contributed by atoms with Crippen LogP contribution >= 0.6 is 0 Å². The summed E-state index contributed by atoms with van der Waals surface area (Å²) >= 11 is 0. The molecule has 1 aromatic carbocycles. The molecular weight excluding hydrogens is 420 g/mol. The third-order valence-corrected chi connectivity index (χ3v) is 5.80. The van der Waals surface area contributed by atoms with Gasteiger partial charge in [0.15, 0.2) is 0 Å². The summed E-state index contributed by atoms with van der Waals surface area (Å²) < 4.78 is 6.92. The molecule has 1 aliphatic rings. The molecule has 3 heterocycles. The van der Waals surface area contributed by atoms with Crippen molar-refractivity contribution in [3.63, 3.8) is 0 Å². The summed E-state index contributed by atoms with van der Waals surface area (Å²) in [5.41, 5.74) is 1.45. The number of nitriles is 1. The second-order valence-corrected chi connectivity index (χ2v) is 7.82. The predicted octanol–water partition coefficient (Wildman–Crippen LogP) is 2.24. The van der Waals surface area contributed by atoms with E-state index in [-0.39, 0.29) is 23.4 Å². The number of ether oxygens (including phenoxy) is 1. The Morgan fingerprint density at radius 3 is 2.48 bits per heavy atom. The average Bonchev–Trinajstić information content (AvgIpc) is 2.87. The largest absolute Gasteiger partial charge is 0.462 e. The Morgan fingerprint density at radius 1 is 1.06 bits per heavy atom. The van der Waals surface area contributed by atoms with Crippen LogP contribution in [0.25, 0.3) is 5.52 Å². The van der Waals surface area contributed by atoms with Gasteiger partial charge >= 0.3 is 5.97 Å². The van der Waals surface area contributed by atoms with Gasteiger partial charge in [0, 0.05) is 32.4 Å². The standard InChI is InChI=1S/C25H24N4O4/c26-17-20-23(28-14-12-27(18-30)13-15-28)22(21-10-4-5-11-29(21)24(20)31)25(32)33-16-6-9-19-7-2-1-3-8-19/h1-5,7-8,10-11,18H,6,9,12-16H2. The number of fused-ring (bicyclic) bond motifs is 1. The lowest BCUT2D eigenvalue weighted by molar-refractivity contribution is -0.118. The third kappa shape index (κ3) is 4.58. The number of benzene rings is 1. The van der Waals surface area contributed by atoms with Crippen LogP contribution in [0.5, 0.6) is 0 Å². The Kier molecular flexibility index (Phi) is 6.69. The van der Waals surface area contributed by atoms with Crippen molar-refractivity contribution in [1.82, 2.24) is 9.30 Å². The molecule has 0 aliphatic carbocycles. The fourth-order valence-electron chi connectivity index (χ4n) is 4.12. The highest BCUT2D eigenvalue weighted by Gasteiger charge is 2.29. The molecule has 4 rings (SSSR count). The number of pyridine rings is 2. The summed E-state index contributed by atoms with van der Waals surface area (Å²) in [6, 6.07) is 17.0. The minimum atomic E-state index is -0.573. The van der Waals surface area contributed by atoms with E-state index in [1.54, 1.807) is 29.3 Å². The van der Waals surface area contributed by atoms with E-state index >= 15 is 0 Å². The van der Waals surface area contributed by atoms with Crippen molar-refractivity contribution in [2.24, 2.45) is 0 Å². The van der Waals surface area contributed by atoms with Crippen molar-refractivity contribution in [1.29, 1.82) is 5.26 Å². The maximum Gasteiger partial charge on any atom is 0.342 e. The van der Waals surface area contributed by atoms with Crippen molar-refractivity contribution < 1.29 is 14.3 Å². The Balaban J connectivity index is 1.67. The number of nitrogens with zero attached hydrogens (tertiary/aromatic N) is 4. The molecule has 0 unspecified atom stereocenters. The monoisotopic (exact) mass is 444 g/mol. The van der Waals surface area contributed by atoms with Crippen LogP contribution < -0.4 is 10.5 Å². The summed E-state index contributed by atoms with van der Waals surface area (Å²) in [6.45, 7) is 1.91. The number of carbonyl (C=O) groups is 2. The Bertz CT molecular complexity index is 1260. The number of aromatic nitrogens is 1. The van der Waals surface area contributed by atoms with Gasteiger partial charge in [-0.25, -0.2) is 4.79 Å². The van der Waals surface area contributed by atoms with Crippen LogP contribution in [0.4, 0.5) is 5.69 Å². The first-order valence-electron chi connectivity index (χ1n) is 10.9. The SMILES string of the molecule is N#Cc1c(N2CCN(C=O)CC2)c(C(=O)OCCCc2ccccc2)c2ccccn2c1=O. The molecule has 0 radical (unpaired) electrons. The number of anilines is 1. The van der Waals surface area contributed by atoms with Gasteiger partial charge in [0.2, 0.25) is 6.41 Å². The predicted molar refractivity (Wildman–Crippen MR) is 123 cm³/mol. The molecule has 1 fully saturated rings. The van der Waals surface area contributed by atoms with Gasteiger partial charge < -0.3 is 14.5 Å². The number of piperazine rings is 1. The zero-order valence-corrected chi connectivity index (χ0v) is 18.1. The highest BCUT2D eigenvalue weighted by Crippen LogP contribution is 2.29. The highest BCUT2D eigenvalue weighted by molar-refractivity contribution is 6.04. The topological polar surface area (TPSA) is 95.1 Å². The molecule has 3 aromatic rings. The van der Waals surface area contributed by atoms with E-state index in [9.17, 15) is 19.6 Å². The van der Waals surface area contributed by atoms with Crippen LogP contribution in [0.15, 0.2) is 59.5 Å². The molecule has 2 aromatic heterocycles. The van der Waals surface area contributed by atoms with E-state index in [1.807, 2.05) is 41.3 Å². The van der Waals surface area contributed by atoms with Crippen molar-refractivity contribution in [3.05, 3.63) is 81.8 Å². The number of hydrogen-bond donors (Lipinski definition) is 0. The van der Waals surface area contributed by atoms with Gasteiger partial charge in [-0.2, -0.15) is 5.26 Å². The number of amides is 1. The third-order valence-electron chi connectivity index (χ3n) is 5.80. The van der Waals surface area contributed by atoms with Crippen LogP contribution in [-0.2, 0) is 16.0 Å². The van der Waals surface area contributed by atoms with Gasteiger partial charge in [-0.1, -0.05) is 36.4 Å². The van der Waals surface area contributed by atoms with E-state index in [0.717, 1.165) is 18.4 Å². The van der Waals surface area contributed by atoms with E-state index < -0.39 is 11.5 Å². The summed E-state index contributed by atoms with van der Waals surface area (Å²) in [5, 5.41) is 9.83. The number of aryl methyl sites for hydroxylation is 1. The molecular formula is C25H24N4O4. The Hall–Kier alpha value is -4.12. The summed E-state index contributed by atoms with van der Waals surface area (Å²) in [7, 11) is 0. The Labute approximate surface area is 191 Å². The molecule has 0 saturated carbocycles. The first kappa shape index (κ1) is 22.1. The zero-order chi connectivity index (χ0) is 23.2. The molecule has 0 spiro atoms. The van der Waals surface area contributed by atoms with Crippen LogP contribution in [0.1, 0.15) is 27.9 Å². The molecule has 8 heteroatoms. The smallest absolute Gasteiger partial charge is 0.342 e. The van der Waals surface area contributed by atoms with Gasteiger partial charge in [0.25, 0.3) is 5.56 Å². The normalized spacial score (nSPS) is 13.5. The van der Waals surface area contributed by atoms with Crippen LogP contribution in [0, 0.1) is 11.3 Å². The number of rotatable bonds is 7. The first-order chi connectivity index (χ1) is 16.1. The number of esters is 1. The molecule has 8 nitrogen and oxygen atoms in total. The summed E-state index contributed by atoms with van der Waals surface area (Å²) in [4.78, 5) is 40.9. The van der Waals surface area contributed by atoms with Gasteiger partial charge in [-0.15, -0.1) is 0 Å². The van der Waals surface area contributed by atoms with Crippen LogP contribution in [0.2, 0.25) is 0 Å². The molecule has 0 atom stereocenters. The van der Waals surface area contributed by atoms with Crippen LogP contribution in [0.3, 0.4) is 0 Å². The van der Waals surface area contributed by atoms with Gasteiger partial charge in [-0.3, -0.25) is 14.0 Å². The second kappa shape index (κ2) is 10.0.